The summed E-state index contributed by atoms with van der Waals surface area (Å²) in [4.78, 5) is 22.2. The highest BCUT2D eigenvalue weighted by Gasteiger charge is 2.25. The summed E-state index contributed by atoms with van der Waals surface area (Å²) in [6, 6.07) is 5.37. The van der Waals surface area contributed by atoms with Crippen LogP contribution in [0, 0.1) is 5.92 Å². The molecule has 0 saturated heterocycles. The van der Waals surface area contributed by atoms with Gasteiger partial charge in [0.1, 0.15) is 11.7 Å². The summed E-state index contributed by atoms with van der Waals surface area (Å²) in [6.45, 7) is -0.241. The van der Waals surface area contributed by atoms with Gasteiger partial charge < -0.3 is 15.9 Å². The number of nitrogens with two attached hydrogens (primary N) is 1. The normalized spacial score (nSPS) is 12.1. The van der Waals surface area contributed by atoms with Crippen molar-refractivity contribution < 1.29 is 19.8 Å². The third-order valence-corrected chi connectivity index (χ3v) is 2.00. The lowest BCUT2D eigenvalue weighted by Crippen LogP contribution is -2.31. The Morgan fingerprint density at radius 3 is 2.20 bits per heavy atom. The van der Waals surface area contributed by atoms with Gasteiger partial charge in [-0.1, -0.05) is 0 Å². The number of aliphatic carboxylic acids is 1. The molecule has 1 unspecified atom stereocenters. The van der Waals surface area contributed by atoms with Crippen LogP contribution >= 0.6 is 0 Å². The predicted molar refractivity (Wildman–Crippen MR) is 52.6 cm³/mol. The second kappa shape index (κ2) is 4.56. The van der Waals surface area contributed by atoms with Crippen LogP contribution in [0.1, 0.15) is 10.4 Å². The minimum absolute atomic E-state index is 0.0196. The van der Waals surface area contributed by atoms with Gasteiger partial charge in [-0.05, 0) is 24.3 Å². The highest BCUT2D eigenvalue weighted by molar-refractivity contribution is 6.08. The van der Waals surface area contributed by atoms with Crippen molar-refractivity contribution in [2.45, 2.75) is 0 Å². The zero-order chi connectivity index (χ0) is 11.4. The molecule has 0 aliphatic carbocycles. The van der Waals surface area contributed by atoms with Gasteiger partial charge >= 0.3 is 5.97 Å². The van der Waals surface area contributed by atoms with Crippen molar-refractivity contribution in [3.8, 4) is 5.75 Å². The van der Waals surface area contributed by atoms with Crippen LogP contribution in [0.3, 0.4) is 0 Å². The van der Waals surface area contributed by atoms with Crippen LogP contribution in [0.25, 0.3) is 0 Å². The van der Waals surface area contributed by atoms with Crippen molar-refractivity contribution in [1.29, 1.82) is 0 Å². The second-order valence-corrected chi connectivity index (χ2v) is 3.04. The van der Waals surface area contributed by atoms with Gasteiger partial charge in [-0.15, -0.1) is 0 Å². The molecule has 80 valence electrons. The Bertz CT molecular complexity index is 372. The first-order valence-electron chi connectivity index (χ1n) is 4.32. The number of hydrogen-bond acceptors (Lipinski definition) is 4. The standard InChI is InChI=1S/C10H11NO4/c11-5-8(10(14)15)9(13)6-1-3-7(12)4-2-6/h1-4,8,12H,5,11H2,(H,14,15). The molecular formula is C10H11NO4. The maximum absolute atomic E-state index is 11.6. The zero-order valence-corrected chi connectivity index (χ0v) is 7.88. The van der Waals surface area contributed by atoms with E-state index in [1.807, 2.05) is 0 Å². The van der Waals surface area contributed by atoms with E-state index in [9.17, 15) is 9.59 Å². The molecule has 0 heterocycles. The molecule has 1 aromatic carbocycles. The summed E-state index contributed by atoms with van der Waals surface area (Å²) in [5.74, 6) is -3.00. The molecule has 0 aliphatic rings. The van der Waals surface area contributed by atoms with Crippen LogP contribution in [-0.2, 0) is 4.79 Å². The van der Waals surface area contributed by atoms with Gasteiger partial charge in [0.05, 0.1) is 0 Å². The molecule has 0 fully saturated rings. The number of hydrogen-bond donors (Lipinski definition) is 3. The summed E-state index contributed by atoms with van der Waals surface area (Å²) < 4.78 is 0. The molecule has 0 spiro atoms. The number of rotatable bonds is 4. The fourth-order valence-electron chi connectivity index (χ4n) is 1.15. The Morgan fingerprint density at radius 1 is 1.27 bits per heavy atom. The molecule has 1 rings (SSSR count). The average molecular weight is 209 g/mol. The van der Waals surface area contributed by atoms with Crippen molar-refractivity contribution >= 4 is 11.8 Å². The number of phenols is 1. The van der Waals surface area contributed by atoms with Crippen LogP contribution in [0.5, 0.6) is 5.75 Å². The van der Waals surface area contributed by atoms with Crippen LogP contribution in [-0.4, -0.2) is 28.5 Å². The molecule has 1 atom stereocenters. The van der Waals surface area contributed by atoms with E-state index in [0.717, 1.165) is 0 Å². The molecular weight excluding hydrogens is 198 g/mol. The van der Waals surface area contributed by atoms with E-state index in [1.54, 1.807) is 0 Å². The molecule has 1 aromatic rings. The van der Waals surface area contributed by atoms with E-state index < -0.39 is 17.7 Å². The van der Waals surface area contributed by atoms with E-state index in [2.05, 4.69) is 0 Å². The van der Waals surface area contributed by atoms with Crippen LogP contribution in [0.4, 0.5) is 0 Å². The summed E-state index contributed by atoms with van der Waals surface area (Å²) in [6.07, 6.45) is 0. The zero-order valence-electron chi connectivity index (χ0n) is 7.88. The lowest BCUT2D eigenvalue weighted by molar-refractivity contribution is -0.139. The number of carboxylic acid groups (broad SMARTS) is 1. The number of carbonyl (C=O) groups excluding carboxylic acids is 1. The van der Waals surface area contributed by atoms with Crippen molar-refractivity contribution in [2.75, 3.05) is 6.54 Å². The predicted octanol–water partition coefficient (Wildman–Crippen LogP) is 0.234. The number of benzene rings is 1. The first kappa shape index (κ1) is 11.2. The topological polar surface area (TPSA) is 101 Å². The molecule has 0 amide bonds. The molecule has 0 aromatic heterocycles. The molecule has 15 heavy (non-hydrogen) atoms. The van der Waals surface area contributed by atoms with Gasteiger partial charge in [0.15, 0.2) is 5.78 Å². The fraction of sp³-hybridized carbons (Fsp3) is 0.200. The number of carbonyl (C=O) groups is 2. The minimum atomic E-state index is -1.24. The minimum Gasteiger partial charge on any atom is -0.508 e. The molecule has 4 N–H and O–H groups in total. The Labute approximate surface area is 86.1 Å². The molecule has 0 bridgehead atoms. The van der Waals surface area contributed by atoms with Gasteiger partial charge in [0.2, 0.25) is 0 Å². The van der Waals surface area contributed by atoms with Gasteiger partial charge in [-0.3, -0.25) is 9.59 Å². The first-order chi connectivity index (χ1) is 7.06. The molecule has 5 nitrogen and oxygen atoms in total. The van der Waals surface area contributed by atoms with Crippen molar-refractivity contribution in [3.05, 3.63) is 29.8 Å². The van der Waals surface area contributed by atoms with Gasteiger partial charge in [-0.25, -0.2) is 0 Å². The number of carboxylic acids is 1. The average Bonchev–Trinajstić information content (AvgIpc) is 2.19. The Kier molecular flexibility index (Phi) is 3.41. The Balaban J connectivity index is 2.93. The van der Waals surface area contributed by atoms with Crippen LogP contribution in [0.15, 0.2) is 24.3 Å². The maximum Gasteiger partial charge on any atom is 0.315 e. The van der Waals surface area contributed by atoms with E-state index in [0.29, 0.717) is 0 Å². The maximum atomic E-state index is 11.6. The fourth-order valence-corrected chi connectivity index (χ4v) is 1.15. The van der Waals surface area contributed by atoms with Crippen LogP contribution in [0.2, 0.25) is 0 Å². The van der Waals surface area contributed by atoms with Gasteiger partial charge in [-0.2, -0.15) is 0 Å². The monoisotopic (exact) mass is 209 g/mol. The third-order valence-electron chi connectivity index (χ3n) is 2.00. The van der Waals surface area contributed by atoms with Crippen molar-refractivity contribution in [3.63, 3.8) is 0 Å². The van der Waals surface area contributed by atoms with Crippen molar-refractivity contribution in [2.24, 2.45) is 11.7 Å². The van der Waals surface area contributed by atoms with Gasteiger partial charge in [0.25, 0.3) is 0 Å². The van der Waals surface area contributed by atoms with E-state index in [-0.39, 0.29) is 17.9 Å². The first-order valence-corrected chi connectivity index (χ1v) is 4.32. The van der Waals surface area contributed by atoms with Crippen molar-refractivity contribution in [1.82, 2.24) is 0 Å². The van der Waals surface area contributed by atoms with E-state index >= 15 is 0 Å². The summed E-state index contributed by atoms with van der Waals surface area (Å²) in [7, 11) is 0. The number of Topliss-reactive ketones (excluding diaryl/α,β-unsaturated/α-hetero) is 1. The smallest absolute Gasteiger partial charge is 0.315 e. The Hall–Kier alpha value is -1.88. The third kappa shape index (κ3) is 2.54. The summed E-state index contributed by atoms with van der Waals surface area (Å²) >= 11 is 0. The highest BCUT2D eigenvalue weighted by Crippen LogP contribution is 2.13. The van der Waals surface area contributed by atoms with E-state index in [4.69, 9.17) is 15.9 Å². The largest absolute Gasteiger partial charge is 0.508 e. The SMILES string of the molecule is NCC(C(=O)O)C(=O)c1ccc(O)cc1. The highest BCUT2D eigenvalue weighted by atomic mass is 16.4. The quantitative estimate of drug-likeness (QED) is 0.487. The number of phenolic OH excluding ortho intramolecular Hbond substituents is 1. The Morgan fingerprint density at radius 2 is 1.80 bits per heavy atom. The van der Waals surface area contributed by atoms with E-state index in [1.165, 1.54) is 24.3 Å². The molecule has 0 aliphatic heterocycles. The number of ketones is 1. The summed E-state index contributed by atoms with van der Waals surface area (Å²) in [5, 5.41) is 17.7. The van der Waals surface area contributed by atoms with Crippen LogP contribution < -0.4 is 5.73 Å². The lowest BCUT2D eigenvalue weighted by atomic mass is 9.98. The molecule has 0 radical (unpaired) electrons. The molecule has 5 heteroatoms. The molecule has 0 saturated carbocycles. The van der Waals surface area contributed by atoms with Gasteiger partial charge in [0, 0.05) is 12.1 Å². The lowest BCUT2D eigenvalue weighted by Gasteiger charge is -2.08. The number of aromatic hydroxyl groups is 1. The second-order valence-electron chi connectivity index (χ2n) is 3.04. The summed E-state index contributed by atoms with van der Waals surface area (Å²) in [5.41, 5.74) is 5.42.